The Balaban J connectivity index is 2.36. The average molecular weight is 302 g/mol. The van der Waals surface area contributed by atoms with Gasteiger partial charge in [0.05, 0.1) is 15.7 Å². The lowest BCUT2D eigenvalue weighted by Gasteiger charge is -2.36. The lowest BCUT2D eigenvalue weighted by molar-refractivity contribution is 0.0695. The minimum atomic E-state index is -1.13. The maximum Gasteiger partial charge on any atom is 0.336 e. The highest BCUT2D eigenvalue weighted by Gasteiger charge is 2.26. The topological polar surface area (TPSA) is 40.5 Å². The SMILES string of the molecule is CN(c1ccc(C(=O)O)c(Br)c1F)C1CCC1. The van der Waals surface area contributed by atoms with Gasteiger partial charge in [-0.15, -0.1) is 0 Å². The van der Waals surface area contributed by atoms with Crippen LogP contribution in [0.1, 0.15) is 29.6 Å². The zero-order chi connectivity index (χ0) is 12.6. The third-order valence-corrected chi connectivity index (χ3v) is 4.07. The highest BCUT2D eigenvalue weighted by atomic mass is 79.9. The molecule has 0 radical (unpaired) electrons. The van der Waals surface area contributed by atoms with Gasteiger partial charge in [-0.3, -0.25) is 0 Å². The van der Waals surface area contributed by atoms with E-state index in [9.17, 15) is 9.18 Å². The van der Waals surface area contributed by atoms with E-state index in [0.29, 0.717) is 11.7 Å². The maximum atomic E-state index is 14.0. The Morgan fingerprint density at radius 2 is 2.18 bits per heavy atom. The summed E-state index contributed by atoms with van der Waals surface area (Å²) in [5.74, 6) is -1.63. The fraction of sp³-hybridized carbons (Fsp3) is 0.417. The van der Waals surface area contributed by atoms with E-state index >= 15 is 0 Å². The Morgan fingerprint density at radius 1 is 1.53 bits per heavy atom. The first-order valence-electron chi connectivity index (χ1n) is 5.46. The van der Waals surface area contributed by atoms with Crippen molar-refractivity contribution in [3.63, 3.8) is 0 Å². The number of carbonyl (C=O) groups is 1. The van der Waals surface area contributed by atoms with Gasteiger partial charge < -0.3 is 10.0 Å². The van der Waals surface area contributed by atoms with E-state index in [1.54, 1.807) is 0 Å². The first-order valence-corrected chi connectivity index (χ1v) is 6.25. The molecule has 1 aromatic carbocycles. The van der Waals surface area contributed by atoms with Crippen LogP contribution in [0.3, 0.4) is 0 Å². The van der Waals surface area contributed by atoms with Gasteiger partial charge >= 0.3 is 5.97 Å². The zero-order valence-corrected chi connectivity index (χ0v) is 11.0. The Bertz CT molecular complexity index is 460. The summed E-state index contributed by atoms with van der Waals surface area (Å²) >= 11 is 3.01. The fourth-order valence-electron chi connectivity index (χ4n) is 1.95. The minimum absolute atomic E-state index is 0.0219. The van der Waals surface area contributed by atoms with Crippen molar-refractivity contribution in [2.24, 2.45) is 0 Å². The van der Waals surface area contributed by atoms with Crippen molar-refractivity contribution in [1.29, 1.82) is 0 Å². The molecule has 0 heterocycles. The van der Waals surface area contributed by atoms with Gasteiger partial charge in [0.1, 0.15) is 0 Å². The summed E-state index contributed by atoms with van der Waals surface area (Å²) in [5.41, 5.74) is 0.403. The molecule has 0 saturated heterocycles. The van der Waals surface area contributed by atoms with Crippen molar-refractivity contribution in [2.75, 3.05) is 11.9 Å². The Labute approximate surface area is 107 Å². The van der Waals surface area contributed by atoms with Gasteiger partial charge in [-0.05, 0) is 47.3 Å². The van der Waals surface area contributed by atoms with Crippen LogP contribution in [-0.4, -0.2) is 24.2 Å². The van der Waals surface area contributed by atoms with E-state index in [1.165, 1.54) is 18.6 Å². The maximum absolute atomic E-state index is 14.0. The number of anilines is 1. The smallest absolute Gasteiger partial charge is 0.336 e. The lowest BCUT2D eigenvalue weighted by Crippen LogP contribution is -2.37. The van der Waals surface area contributed by atoms with Gasteiger partial charge in [-0.1, -0.05) is 0 Å². The van der Waals surface area contributed by atoms with E-state index < -0.39 is 11.8 Å². The molecule has 1 saturated carbocycles. The van der Waals surface area contributed by atoms with Crippen LogP contribution in [0.5, 0.6) is 0 Å². The predicted octanol–water partition coefficient (Wildman–Crippen LogP) is 3.28. The first kappa shape index (κ1) is 12.4. The summed E-state index contributed by atoms with van der Waals surface area (Å²) in [6.45, 7) is 0. The molecule has 1 aliphatic carbocycles. The van der Waals surface area contributed by atoms with E-state index in [2.05, 4.69) is 15.9 Å². The van der Waals surface area contributed by atoms with Crippen molar-refractivity contribution < 1.29 is 14.3 Å². The second-order valence-electron chi connectivity index (χ2n) is 4.26. The van der Waals surface area contributed by atoms with E-state index in [1.807, 2.05) is 11.9 Å². The molecule has 1 aromatic rings. The molecular weight excluding hydrogens is 289 g/mol. The highest BCUT2D eigenvalue weighted by Crippen LogP contribution is 2.33. The molecule has 17 heavy (non-hydrogen) atoms. The van der Waals surface area contributed by atoms with Gasteiger partial charge in [0.2, 0.25) is 0 Å². The standard InChI is InChI=1S/C12H13BrFNO2/c1-15(7-3-2-4-7)9-6-5-8(12(16)17)10(13)11(9)14/h5-7H,2-4H2,1H3,(H,16,17). The molecule has 1 fully saturated rings. The third kappa shape index (κ3) is 2.16. The van der Waals surface area contributed by atoms with Crippen molar-refractivity contribution in [3.8, 4) is 0 Å². The van der Waals surface area contributed by atoms with Crippen LogP contribution >= 0.6 is 15.9 Å². The fourth-order valence-corrected chi connectivity index (χ4v) is 2.45. The van der Waals surface area contributed by atoms with Crippen LogP contribution in [0, 0.1) is 5.82 Å². The van der Waals surface area contributed by atoms with Crippen LogP contribution in [0.25, 0.3) is 0 Å². The van der Waals surface area contributed by atoms with Gasteiger partial charge in [-0.25, -0.2) is 9.18 Å². The quantitative estimate of drug-likeness (QED) is 0.931. The zero-order valence-electron chi connectivity index (χ0n) is 9.41. The van der Waals surface area contributed by atoms with Crippen molar-refractivity contribution in [3.05, 3.63) is 28.0 Å². The summed E-state index contributed by atoms with van der Waals surface area (Å²) in [4.78, 5) is 12.7. The highest BCUT2D eigenvalue weighted by molar-refractivity contribution is 9.10. The second-order valence-corrected chi connectivity index (χ2v) is 5.05. The first-order chi connectivity index (χ1) is 8.02. The Kier molecular flexibility index (Phi) is 3.38. The molecule has 1 N–H and O–H groups in total. The van der Waals surface area contributed by atoms with Crippen LogP contribution in [0.2, 0.25) is 0 Å². The Hall–Kier alpha value is -1.10. The number of benzene rings is 1. The number of hydrogen-bond donors (Lipinski definition) is 1. The second kappa shape index (κ2) is 4.64. The average Bonchev–Trinajstić information content (AvgIpc) is 2.18. The van der Waals surface area contributed by atoms with Gasteiger partial charge in [0.15, 0.2) is 5.82 Å². The van der Waals surface area contributed by atoms with E-state index in [0.717, 1.165) is 12.8 Å². The van der Waals surface area contributed by atoms with Crippen LogP contribution in [-0.2, 0) is 0 Å². The molecule has 0 aromatic heterocycles. The largest absolute Gasteiger partial charge is 0.478 e. The number of carboxylic acids is 1. The van der Waals surface area contributed by atoms with Crippen molar-refractivity contribution in [1.82, 2.24) is 0 Å². The molecule has 0 aliphatic heterocycles. The number of carboxylic acid groups (broad SMARTS) is 1. The van der Waals surface area contributed by atoms with Crippen molar-refractivity contribution in [2.45, 2.75) is 25.3 Å². The molecule has 0 unspecified atom stereocenters. The van der Waals surface area contributed by atoms with E-state index in [-0.39, 0.29) is 10.0 Å². The number of nitrogens with zero attached hydrogens (tertiary/aromatic N) is 1. The summed E-state index contributed by atoms with van der Waals surface area (Å²) in [7, 11) is 1.84. The van der Waals surface area contributed by atoms with E-state index in [4.69, 9.17) is 5.11 Å². The number of rotatable bonds is 3. The normalized spacial score (nSPS) is 15.5. The Morgan fingerprint density at radius 3 is 2.65 bits per heavy atom. The molecule has 1 aliphatic rings. The molecular formula is C12H13BrFNO2. The molecule has 0 spiro atoms. The number of hydrogen-bond acceptors (Lipinski definition) is 2. The predicted molar refractivity (Wildman–Crippen MR) is 67.1 cm³/mol. The number of halogens is 2. The molecule has 3 nitrogen and oxygen atoms in total. The molecule has 2 rings (SSSR count). The van der Waals surface area contributed by atoms with Crippen LogP contribution in [0.15, 0.2) is 16.6 Å². The van der Waals surface area contributed by atoms with Gasteiger partial charge in [0.25, 0.3) is 0 Å². The van der Waals surface area contributed by atoms with Crippen LogP contribution in [0.4, 0.5) is 10.1 Å². The monoisotopic (exact) mass is 301 g/mol. The summed E-state index contributed by atoms with van der Waals surface area (Å²) in [6, 6.07) is 3.33. The van der Waals surface area contributed by atoms with Crippen molar-refractivity contribution >= 4 is 27.6 Å². The molecule has 0 amide bonds. The number of aromatic carboxylic acids is 1. The van der Waals surface area contributed by atoms with Crippen LogP contribution < -0.4 is 4.90 Å². The summed E-state index contributed by atoms with van der Waals surface area (Å²) in [6.07, 6.45) is 3.30. The summed E-state index contributed by atoms with van der Waals surface area (Å²) < 4.78 is 14.1. The minimum Gasteiger partial charge on any atom is -0.478 e. The summed E-state index contributed by atoms with van der Waals surface area (Å²) in [5, 5.41) is 8.88. The third-order valence-electron chi connectivity index (χ3n) is 3.29. The lowest BCUT2D eigenvalue weighted by atomic mass is 9.91. The molecule has 5 heteroatoms. The van der Waals surface area contributed by atoms with Gasteiger partial charge in [-0.2, -0.15) is 0 Å². The molecule has 0 atom stereocenters. The molecule has 0 bridgehead atoms. The van der Waals surface area contributed by atoms with Gasteiger partial charge in [0, 0.05) is 13.1 Å². The molecule has 92 valence electrons.